The molecule has 0 amide bonds. The van der Waals surface area contributed by atoms with E-state index in [0.717, 1.165) is 29.0 Å². The van der Waals surface area contributed by atoms with Crippen LogP contribution in [-0.2, 0) is 12.3 Å². The van der Waals surface area contributed by atoms with Gasteiger partial charge in [-0.15, -0.1) is 16.8 Å². The van der Waals surface area contributed by atoms with Crippen molar-refractivity contribution < 1.29 is 0 Å². The molecule has 0 radical (unpaired) electrons. The molecule has 1 aliphatic carbocycles. The lowest BCUT2D eigenvalue weighted by Crippen LogP contribution is -2.02. The van der Waals surface area contributed by atoms with Crippen molar-refractivity contribution >= 4 is 11.8 Å². The molecule has 0 saturated heterocycles. The van der Waals surface area contributed by atoms with Crippen molar-refractivity contribution in [3.63, 3.8) is 0 Å². The summed E-state index contributed by atoms with van der Waals surface area (Å²) < 4.78 is 2.18. The molecule has 0 bridgehead atoms. The van der Waals surface area contributed by atoms with Crippen molar-refractivity contribution in [3.05, 3.63) is 48.6 Å². The second-order valence-electron chi connectivity index (χ2n) is 4.62. The smallest absolute Gasteiger partial charge is 0.191 e. The van der Waals surface area contributed by atoms with Gasteiger partial charge in [-0.25, -0.2) is 0 Å². The van der Waals surface area contributed by atoms with Gasteiger partial charge in [0.25, 0.3) is 0 Å². The van der Waals surface area contributed by atoms with Crippen LogP contribution >= 0.6 is 11.8 Å². The molecule has 0 aliphatic heterocycles. The molecule has 3 rings (SSSR count). The first-order valence-electron chi connectivity index (χ1n) is 6.45. The second kappa shape index (κ2) is 5.57. The van der Waals surface area contributed by atoms with Crippen LogP contribution in [0.4, 0.5) is 0 Å². The van der Waals surface area contributed by atoms with E-state index in [1.165, 1.54) is 12.8 Å². The van der Waals surface area contributed by atoms with E-state index in [4.69, 9.17) is 0 Å². The fraction of sp³-hybridized carbons (Fsp3) is 0.357. The summed E-state index contributed by atoms with van der Waals surface area (Å²) in [4.78, 5) is 4.33. The molecule has 4 nitrogen and oxygen atoms in total. The van der Waals surface area contributed by atoms with Crippen molar-refractivity contribution in [2.75, 3.05) is 0 Å². The third-order valence-electron chi connectivity index (χ3n) is 3.07. The maximum atomic E-state index is 4.33. The highest BCUT2D eigenvalue weighted by molar-refractivity contribution is 7.98. The highest BCUT2D eigenvalue weighted by Gasteiger charge is 2.30. The molecule has 2 aromatic rings. The molecule has 2 aromatic heterocycles. The van der Waals surface area contributed by atoms with Gasteiger partial charge in [0.15, 0.2) is 5.16 Å². The predicted octanol–water partition coefficient (Wildman–Crippen LogP) is 3.03. The molecule has 0 N–H and O–H groups in total. The number of nitrogens with zero attached hydrogens (tertiary/aromatic N) is 4. The zero-order valence-electron chi connectivity index (χ0n) is 10.7. The van der Waals surface area contributed by atoms with Crippen molar-refractivity contribution in [2.45, 2.75) is 36.2 Å². The van der Waals surface area contributed by atoms with E-state index >= 15 is 0 Å². The Bertz CT molecular complexity index is 560. The predicted molar refractivity (Wildman–Crippen MR) is 76.0 cm³/mol. The summed E-state index contributed by atoms with van der Waals surface area (Å²) in [7, 11) is 0. The molecular weight excluding hydrogens is 256 g/mol. The molecule has 1 fully saturated rings. The Labute approximate surface area is 117 Å². The number of aromatic nitrogens is 4. The second-order valence-corrected chi connectivity index (χ2v) is 5.57. The summed E-state index contributed by atoms with van der Waals surface area (Å²) in [5, 5.41) is 9.61. The quantitative estimate of drug-likeness (QED) is 0.599. The maximum absolute atomic E-state index is 4.33. The van der Waals surface area contributed by atoms with Gasteiger partial charge in [0, 0.05) is 24.4 Å². The van der Waals surface area contributed by atoms with Crippen LogP contribution in [-0.4, -0.2) is 19.7 Å². The first kappa shape index (κ1) is 12.4. The van der Waals surface area contributed by atoms with Crippen LogP contribution in [0, 0.1) is 0 Å². The molecule has 2 heterocycles. The molecule has 5 heteroatoms. The van der Waals surface area contributed by atoms with E-state index in [9.17, 15) is 0 Å². The molecule has 1 saturated carbocycles. The van der Waals surface area contributed by atoms with E-state index in [2.05, 4.69) is 26.3 Å². The van der Waals surface area contributed by atoms with Gasteiger partial charge in [0.1, 0.15) is 5.82 Å². The molecule has 0 atom stereocenters. The Morgan fingerprint density at radius 2 is 2.26 bits per heavy atom. The van der Waals surface area contributed by atoms with Crippen LogP contribution < -0.4 is 0 Å². The summed E-state index contributed by atoms with van der Waals surface area (Å²) in [5.41, 5.74) is 1.06. The van der Waals surface area contributed by atoms with Gasteiger partial charge in [-0.05, 0) is 25.0 Å². The van der Waals surface area contributed by atoms with Crippen molar-refractivity contribution in [2.24, 2.45) is 0 Å². The Balaban J connectivity index is 1.74. The van der Waals surface area contributed by atoms with Gasteiger partial charge >= 0.3 is 0 Å². The van der Waals surface area contributed by atoms with E-state index in [1.54, 1.807) is 11.8 Å². The van der Waals surface area contributed by atoms with Crippen LogP contribution in [0.25, 0.3) is 0 Å². The van der Waals surface area contributed by atoms with Gasteiger partial charge in [0.05, 0.1) is 5.69 Å². The fourth-order valence-electron chi connectivity index (χ4n) is 1.97. The average Bonchev–Trinajstić information content (AvgIpc) is 3.21. The summed E-state index contributed by atoms with van der Waals surface area (Å²) >= 11 is 1.69. The van der Waals surface area contributed by atoms with Gasteiger partial charge in [-0.3, -0.25) is 4.98 Å². The van der Waals surface area contributed by atoms with Crippen LogP contribution in [0.3, 0.4) is 0 Å². The standard InChI is InChI=1S/C14H16N4S/c1-2-9-18-13(11-6-7-11)16-17-14(18)19-10-12-5-3-4-8-15-12/h2-5,8,11H,1,6-7,9-10H2. The monoisotopic (exact) mass is 272 g/mol. The van der Waals surface area contributed by atoms with Gasteiger partial charge in [0.2, 0.25) is 0 Å². The summed E-state index contributed by atoms with van der Waals surface area (Å²) in [5.74, 6) is 2.54. The third-order valence-corrected chi connectivity index (χ3v) is 4.08. The molecular formula is C14H16N4S. The zero-order valence-corrected chi connectivity index (χ0v) is 11.5. The number of allylic oxidation sites excluding steroid dienone is 1. The van der Waals surface area contributed by atoms with E-state index in [1.807, 2.05) is 30.5 Å². The van der Waals surface area contributed by atoms with Crippen molar-refractivity contribution in [1.82, 2.24) is 19.7 Å². The first-order chi connectivity index (χ1) is 9.38. The van der Waals surface area contributed by atoms with E-state index in [0.29, 0.717) is 5.92 Å². The minimum absolute atomic E-state index is 0.608. The highest BCUT2D eigenvalue weighted by atomic mass is 32.2. The highest BCUT2D eigenvalue weighted by Crippen LogP contribution is 2.40. The Morgan fingerprint density at radius 3 is 2.95 bits per heavy atom. The minimum atomic E-state index is 0.608. The Morgan fingerprint density at radius 1 is 1.37 bits per heavy atom. The number of thioether (sulfide) groups is 1. The van der Waals surface area contributed by atoms with Gasteiger partial charge in [-0.1, -0.05) is 23.9 Å². The third kappa shape index (κ3) is 2.87. The van der Waals surface area contributed by atoms with Crippen LogP contribution in [0.1, 0.15) is 30.3 Å². The molecule has 0 aromatic carbocycles. The molecule has 0 unspecified atom stereocenters. The topological polar surface area (TPSA) is 43.6 Å². The lowest BCUT2D eigenvalue weighted by molar-refractivity contribution is 0.681. The Hall–Kier alpha value is -1.62. The van der Waals surface area contributed by atoms with E-state index < -0.39 is 0 Å². The van der Waals surface area contributed by atoms with E-state index in [-0.39, 0.29) is 0 Å². The summed E-state index contributed by atoms with van der Waals surface area (Å²) in [6.07, 6.45) is 6.19. The maximum Gasteiger partial charge on any atom is 0.191 e. The normalized spacial score (nSPS) is 14.5. The van der Waals surface area contributed by atoms with Crippen LogP contribution in [0.2, 0.25) is 0 Å². The molecule has 19 heavy (non-hydrogen) atoms. The molecule has 0 spiro atoms. The van der Waals surface area contributed by atoms with Crippen molar-refractivity contribution in [1.29, 1.82) is 0 Å². The number of hydrogen-bond donors (Lipinski definition) is 0. The minimum Gasteiger partial charge on any atom is -0.302 e. The number of rotatable bonds is 6. The Kier molecular flexibility index (Phi) is 3.64. The van der Waals surface area contributed by atoms with Gasteiger partial charge in [-0.2, -0.15) is 0 Å². The van der Waals surface area contributed by atoms with Crippen molar-refractivity contribution in [3.8, 4) is 0 Å². The molecule has 98 valence electrons. The lowest BCUT2D eigenvalue weighted by atomic mass is 10.4. The number of hydrogen-bond acceptors (Lipinski definition) is 4. The average molecular weight is 272 g/mol. The van der Waals surface area contributed by atoms with Gasteiger partial charge < -0.3 is 4.57 Å². The fourth-order valence-corrected chi connectivity index (χ4v) is 2.84. The zero-order chi connectivity index (χ0) is 13.1. The van der Waals surface area contributed by atoms with Crippen LogP contribution in [0.15, 0.2) is 42.2 Å². The number of pyridine rings is 1. The lowest BCUT2D eigenvalue weighted by Gasteiger charge is -2.06. The SMILES string of the molecule is C=CCn1c(SCc2ccccn2)nnc1C1CC1. The first-order valence-corrected chi connectivity index (χ1v) is 7.43. The largest absolute Gasteiger partial charge is 0.302 e. The van der Waals surface area contributed by atoms with Crippen LogP contribution in [0.5, 0.6) is 0 Å². The summed E-state index contributed by atoms with van der Waals surface area (Å²) in [6.45, 7) is 4.60. The summed E-state index contributed by atoms with van der Waals surface area (Å²) in [6, 6.07) is 5.97. The molecule has 1 aliphatic rings.